The molecule has 8 heteroatoms. The summed E-state index contributed by atoms with van der Waals surface area (Å²) in [6, 6.07) is 3.54. The van der Waals surface area contributed by atoms with Crippen LogP contribution in [0.15, 0.2) is 35.4 Å². The highest BCUT2D eigenvalue weighted by molar-refractivity contribution is 5.66. The van der Waals surface area contributed by atoms with E-state index in [0.717, 1.165) is 0 Å². The Morgan fingerprint density at radius 2 is 1.83 bits per heavy atom. The molecule has 0 spiro atoms. The molecule has 2 heterocycles. The smallest absolute Gasteiger partial charge is 0.246 e. The number of imidazole rings is 1. The molecule has 0 aliphatic carbocycles. The molecule has 2 aromatic heterocycles. The van der Waals surface area contributed by atoms with Crippen LogP contribution in [0.25, 0.3) is 11.4 Å². The van der Waals surface area contributed by atoms with Crippen molar-refractivity contribution in [2.45, 2.75) is 6.54 Å². The number of benzene rings is 1. The monoisotopic (exact) mass is 316 g/mol. The Kier molecular flexibility index (Phi) is 4.13. The van der Waals surface area contributed by atoms with Gasteiger partial charge in [-0.05, 0) is 12.1 Å². The van der Waals surface area contributed by atoms with Gasteiger partial charge in [-0.1, -0.05) is 5.16 Å². The number of rotatable bonds is 6. The molecule has 0 fully saturated rings. The Morgan fingerprint density at radius 1 is 1.09 bits per heavy atom. The molecular weight excluding hydrogens is 300 g/mol. The lowest BCUT2D eigenvalue weighted by molar-refractivity contribution is 0.324. The van der Waals surface area contributed by atoms with E-state index in [1.165, 1.54) is 0 Å². The van der Waals surface area contributed by atoms with E-state index in [4.69, 9.17) is 18.7 Å². The molecule has 8 nitrogen and oxygen atoms in total. The van der Waals surface area contributed by atoms with Crippen LogP contribution < -0.4 is 14.2 Å². The van der Waals surface area contributed by atoms with Crippen LogP contribution in [-0.4, -0.2) is 41.0 Å². The fraction of sp³-hybridized carbons (Fsp3) is 0.267. The van der Waals surface area contributed by atoms with Gasteiger partial charge in [0.25, 0.3) is 0 Å². The van der Waals surface area contributed by atoms with Crippen molar-refractivity contribution in [2.24, 2.45) is 0 Å². The molecule has 0 aliphatic heterocycles. The molecule has 1 aromatic carbocycles. The maximum Gasteiger partial charge on any atom is 0.246 e. The van der Waals surface area contributed by atoms with Crippen LogP contribution in [0.5, 0.6) is 17.2 Å². The van der Waals surface area contributed by atoms with Gasteiger partial charge in [-0.2, -0.15) is 4.98 Å². The summed E-state index contributed by atoms with van der Waals surface area (Å²) in [7, 11) is 4.67. The van der Waals surface area contributed by atoms with Crippen molar-refractivity contribution in [3.05, 3.63) is 36.7 Å². The fourth-order valence-electron chi connectivity index (χ4n) is 2.18. The average Bonchev–Trinajstić information content (AvgIpc) is 3.25. The molecule has 0 saturated heterocycles. The summed E-state index contributed by atoms with van der Waals surface area (Å²) in [5.74, 6) is 2.50. The normalized spacial score (nSPS) is 10.6. The van der Waals surface area contributed by atoms with Crippen molar-refractivity contribution in [1.82, 2.24) is 19.7 Å². The van der Waals surface area contributed by atoms with Gasteiger partial charge in [-0.3, -0.25) is 0 Å². The Bertz CT molecular complexity index is 758. The van der Waals surface area contributed by atoms with Gasteiger partial charge in [-0.15, -0.1) is 0 Å². The van der Waals surface area contributed by atoms with E-state index in [2.05, 4.69) is 15.1 Å². The van der Waals surface area contributed by atoms with E-state index in [1.54, 1.807) is 46.0 Å². The number of hydrogen-bond donors (Lipinski definition) is 0. The Balaban J connectivity index is 1.94. The third kappa shape index (κ3) is 2.96. The molecule has 0 radical (unpaired) electrons. The zero-order valence-electron chi connectivity index (χ0n) is 13.0. The predicted octanol–water partition coefficient (Wildman–Crippen LogP) is 2.01. The van der Waals surface area contributed by atoms with Crippen molar-refractivity contribution >= 4 is 0 Å². The van der Waals surface area contributed by atoms with Gasteiger partial charge in [-0.25, -0.2) is 4.98 Å². The van der Waals surface area contributed by atoms with Crippen molar-refractivity contribution in [3.63, 3.8) is 0 Å². The van der Waals surface area contributed by atoms with Gasteiger partial charge in [0.05, 0.1) is 27.7 Å². The topological polar surface area (TPSA) is 84.4 Å². The highest BCUT2D eigenvalue weighted by atomic mass is 16.5. The molecule has 0 N–H and O–H groups in total. The quantitative estimate of drug-likeness (QED) is 0.687. The van der Waals surface area contributed by atoms with Gasteiger partial charge in [0, 0.05) is 18.0 Å². The molecule has 120 valence electrons. The van der Waals surface area contributed by atoms with E-state index in [-0.39, 0.29) is 0 Å². The second-order valence-corrected chi connectivity index (χ2v) is 4.66. The summed E-state index contributed by atoms with van der Waals surface area (Å²) in [6.07, 6.45) is 5.20. The number of ether oxygens (including phenoxy) is 3. The van der Waals surface area contributed by atoms with Gasteiger partial charge >= 0.3 is 0 Å². The van der Waals surface area contributed by atoms with Crippen molar-refractivity contribution in [3.8, 4) is 28.6 Å². The van der Waals surface area contributed by atoms with Gasteiger partial charge < -0.3 is 23.3 Å². The highest BCUT2D eigenvalue weighted by Crippen LogP contribution is 2.40. The molecule has 0 unspecified atom stereocenters. The molecule has 0 aliphatic rings. The second kappa shape index (κ2) is 6.39. The Hall–Kier alpha value is -3.03. The lowest BCUT2D eigenvalue weighted by atomic mass is 10.1. The first-order valence-corrected chi connectivity index (χ1v) is 6.84. The molecule has 0 atom stereocenters. The summed E-state index contributed by atoms with van der Waals surface area (Å²) in [4.78, 5) is 8.36. The minimum absolute atomic E-state index is 0.444. The standard InChI is InChI=1S/C15H16N4O4/c1-20-11-6-10(7-12(21-2)14(11)22-3)15-17-13(23-18-15)8-19-5-4-16-9-19/h4-7,9H,8H2,1-3H3. The van der Waals surface area contributed by atoms with Gasteiger partial charge in [0.15, 0.2) is 11.5 Å². The van der Waals surface area contributed by atoms with Gasteiger partial charge in [0.2, 0.25) is 17.5 Å². The zero-order valence-corrected chi connectivity index (χ0v) is 13.0. The van der Waals surface area contributed by atoms with E-state index in [1.807, 2.05) is 10.8 Å². The van der Waals surface area contributed by atoms with Crippen LogP contribution in [0.4, 0.5) is 0 Å². The van der Waals surface area contributed by atoms with Crippen LogP contribution in [0.3, 0.4) is 0 Å². The summed E-state index contributed by atoms with van der Waals surface area (Å²) in [5, 5.41) is 4.00. The van der Waals surface area contributed by atoms with Crippen LogP contribution in [0, 0.1) is 0 Å². The first-order valence-electron chi connectivity index (χ1n) is 6.84. The van der Waals surface area contributed by atoms with Crippen LogP contribution >= 0.6 is 0 Å². The third-order valence-corrected chi connectivity index (χ3v) is 3.27. The van der Waals surface area contributed by atoms with E-state index >= 15 is 0 Å². The molecule has 0 saturated carbocycles. The molecule has 23 heavy (non-hydrogen) atoms. The van der Waals surface area contributed by atoms with E-state index < -0.39 is 0 Å². The van der Waals surface area contributed by atoms with Crippen LogP contribution in [0.2, 0.25) is 0 Å². The summed E-state index contributed by atoms with van der Waals surface area (Å²) >= 11 is 0. The molecular formula is C15H16N4O4. The van der Waals surface area contributed by atoms with Crippen molar-refractivity contribution in [1.29, 1.82) is 0 Å². The first kappa shape index (κ1) is 14.9. The fourth-order valence-corrected chi connectivity index (χ4v) is 2.18. The summed E-state index contributed by atoms with van der Waals surface area (Å²) < 4.78 is 23.1. The number of hydrogen-bond acceptors (Lipinski definition) is 7. The average molecular weight is 316 g/mol. The summed E-state index contributed by atoms with van der Waals surface area (Å²) in [6.45, 7) is 0.456. The lowest BCUT2D eigenvalue weighted by Crippen LogP contribution is -1.97. The largest absolute Gasteiger partial charge is 0.493 e. The van der Waals surface area contributed by atoms with Crippen molar-refractivity contribution in [2.75, 3.05) is 21.3 Å². The number of methoxy groups -OCH3 is 3. The lowest BCUT2D eigenvalue weighted by Gasteiger charge is -2.12. The molecule has 0 bridgehead atoms. The number of aromatic nitrogens is 4. The van der Waals surface area contributed by atoms with Crippen LogP contribution in [0.1, 0.15) is 5.89 Å². The second-order valence-electron chi connectivity index (χ2n) is 4.66. The maximum atomic E-state index is 5.33. The maximum absolute atomic E-state index is 5.33. The van der Waals surface area contributed by atoms with E-state index in [9.17, 15) is 0 Å². The molecule has 3 aromatic rings. The molecule has 0 amide bonds. The molecule has 3 rings (SSSR count). The third-order valence-electron chi connectivity index (χ3n) is 3.27. The SMILES string of the molecule is COc1cc(-c2noc(Cn3ccnc3)n2)cc(OC)c1OC. The van der Waals surface area contributed by atoms with Crippen molar-refractivity contribution < 1.29 is 18.7 Å². The minimum Gasteiger partial charge on any atom is -0.493 e. The predicted molar refractivity (Wildman–Crippen MR) is 80.7 cm³/mol. The number of nitrogens with zero attached hydrogens (tertiary/aromatic N) is 4. The van der Waals surface area contributed by atoms with E-state index in [0.29, 0.717) is 41.1 Å². The van der Waals surface area contributed by atoms with Crippen LogP contribution in [-0.2, 0) is 6.54 Å². The minimum atomic E-state index is 0.444. The Morgan fingerprint density at radius 3 is 2.39 bits per heavy atom. The Labute approximate surface area is 132 Å². The zero-order chi connectivity index (χ0) is 16.2. The first-order chi connectivity index (χ1) is 11.2. The summed E-state index contributed by atoms with van der Waals surface area (Å²) in [5.41, 5.74) is 0.708. The van der Waals surface area contributed by atoms with Gasteiger partial charge in [0.1, 0.15) is 6.54 Å². The highest BCUT2D eigenvalue weighted by Gasteiger charge is 2.17.